The van der Waals surface area contributed by atoms with Gasteiger partial charge in [0.15, 0.2) is 0 Å². The molecule has 0 aromatic rings. The molecule has 0 aliphatic carbocycles. The molecule has 2 N–H and O–H groups in total. The molecule has 124 valence electrons. The molecule has 0 fully saturated rings. The molecule has 0 aliphatic heterocycles. The van der Waals surface area contributed by atoms with Crippen LogP contribution in [0.2, 0.25) is 0 Å². The van der Waals surface area contributed by atoms with E-state index in [0.717, 1.165) is 50.5 Å². The highest BCUT2D eigenvalue weighted by molar-refractivity contribution is 5.78. The molecule has 0 saturated carbocycles. The van der Waals surface area contributed by atoms with Gasteiger partial charge in [-0.3, -0.25) is 4.79 Å². The van der Waals surface area contributed by atoms with Crippen LogP contribution >= 0.6 is 0 Å². The Hall–Kier alpha value is -0.670. The lowest BCUT2D eigenvalue weighted by Crippen LogP contribution is -2.16. The summed E-state index contributed by atoms with van der Waals surface area (Å²) in [6, 6.07) is 0. The van der Waals surface area contributed by atoms with Crippen LogP contribution < -0.4 is 0 Å². The first-order valence-electron chi connectivity index (χ1n) is 8.30. The highest BCUT2D eigenvalue weighted by Crippen LogP contribution is 2.22. The van der Waals surface area contributed by atoms with Gasteiger partial charge in [0.2, 0.25) is 0 Å². The normalized spacial score (nSPS) is 12.7. The summed E-state index contributed by atoms with van der Waals surface area (Å²) in [7, 11) is 0. The number of rotatable bonds is 13. The number of aliphatic hydroxyl groups excluding tert-OH is 2. The quantitative estimate of drug-likeness (QED) is 0.399. The summed E-state index contributed by atoms with van der Waals surface area (Å²) in [6.07, 6.45) is 10.5. The van der Waals surface area contributed by atoms with Gasteiger partial charge in [-0.1, -0.05) is 38.3 Å². The number of aliphatic hydroxyl groups is 2. The minimum Gasteiger partial charge on any atom is -0.396 e. The van der Waals surface area contributed by atoms with Crippen molar-refractivity contribution in [3.63, 3.8) is 0 Å². The zero-order chi connectivity index (χ0) is 16.1. The van der Waals surface area contributed by atoms with Crippen molar-refractivity contribution in [2.45, 2.75) is 78.6 Å². The third-order valence-corrected chi connectivity index (χ3v) is 3.89. The summed E-state index contributed by atoms with van der Waals surface area (Å²) in [5.41, 5.74) is 1.02. The second-order valence-corrected chi connectivity index (χ2v) is 6.88. The lowest BCUT2D eigenvalue weighted by molar-refractivity contribution is -0.119. The number of unbranched alkanes of at least 4 members (excludes halogenated alkanes) is 4. The second kappa shape index (κ2) is 11.9. The van der Waals surface area contributed by atoms with Gasteiger partial charge in [0, 0.05) is 19.4 Å². The predicted molar refractivity (Wildman–Crippen MR) is 88.3 cm³/mol. The van der Waals surface area contributed by atoms with Gasteiger partial charge in [0.05, 0.1) is 6.61 Å². The summed E-state index contributed by atoms with van der Waals surface area (Å²) in [4.78, 5) is 11.7. The van der Waals surface area contributed by atoms with Crippen LogP contribution in [0.3, 0.4) is 0 Å². The predicted octanol–water partition coefficient (Wildman–Crippen LogP) is 4.02. The first-order chi connectivity index (χ1) is 9.91. The summed E-state index contributed by atoms with van der Waals surface area (Å²) in [5, 5.41) is 18.0. The van der Waals surface area contributed by atoms with Crippen molar-refractivity contribution >= 4 is 5.78 Å². The molecule has 0 unspecified atom stereocenters. The first-order valence-corrected chi connectivity index (χ1v) is 8.30. The molecule has 0 spiro atoms. The molecule has 0 aromatic carbocycles. The van der Waals surface area contributed by atoms with Crippen molar-refractivity contribution in [2.75, 3.05) is 13.2 Å². The minimum atomic E-state index is 0.0181. The van der Waals surface area contributed by atoms with Gasteiger partial charge >= 0.3 is 0 Å². The van der Waals surface area contributed by atoms with Gasteiger partial charge in [0.25, 0.3) is 0 Å². The lowest BCUT2D eigenvalue weighted by atomic mass is 9.88. The van der Waals surface area contributed by atoms with E-state index in [1.165, 1.54) is 0 Å². The van der Waals surface area contributed by atoms with E-state index < -0.39 is 0 Å². The Balaban J connectivity index is 3.47. The van der Waals surface area contributed by atoms with Crippen molar-refractivity contribution < 1.29 is 15.0 Å². The maximum absolute atomic E-state index is 11.7. The molecule has 0 heterocycles. The van der Waals surface area contributed by atoms with E-state index in [1.807, 2.05) is 13.0 Å². The summed E-state index contributed by atoms with van der Waals surface area (Å²) in [6.45, 7) is 6.43. The molecular weight excluding hydrogens is 264 g/mol. The number of ketones is 1. The SMILES string of the molecule is C/C(=C/CCCCC(=O)CCCCCC(C)(C)CO)CO. The van der Waals surface area contributed by atoms with E-state index >= 15 is 0 Å². The van der Waals surface area contributed by atoms with E-state index in [-0.39, 0.29) is 18.6 Å². The second-order valence-electron chi connectivity index (χ2n) is 6.88. The molecule has 0 bridgehead atoms. The smallest absolute Gasteiger partial charge is 0.132 e. The number of carbonyl (C=O) groups excluding carboxylic acids is 1. The maximum Gasteiger partial charge on any atom is 0.132 e. The Morgan fingerprint density at radius 2 is 1.62 bits per heavy atom. The van der Waals surface area contributed by atoms with Crippen LogP contribution in [-0.4, -0.2) is 29.2 Å². The number of hydrogen-bond acceptors (Lipinski definition) is 3. The van der Waals surface area contributed by atoms with Crippen LogP contribution in [0.4, 0.5) is 0 Å². The fourth-order valence-electron chi connectivity index (χ4n) is 2.19. The molecule has 0 radical (unpaired) electrons. The highest BCUT2D eigenvalue weighted by Gasteiger charge is 2.15. The molecule has 0 rings (SSSR count). The molecule has 21 heavy (non-hydrogen) atoms. The third-order valence-electron chi connectivity index (χ3n) is 3.89. The fraction of sp³-hybridized carbons (Fsp3) is 0.833. The van der Waals surface area contributed by atoms with Crippen LogP contribution in [0.15, 0.2) is 11.6 Å². The molecule has 0 amide bonds. The highest BCUT2D eigenvalue weighted by atomic mass is 16.3. The maximum atomic E-state index is 11.7. The largest absolute Gasteiger partial charge is 0.396 e. The fourth-order valence-corrected chi connectivity index (χ4v) is 2.19. The molecule has 3 nitrogen and oxygen atoms in total. The van der Waals surface area contributed by atoms with E-state index in [2.05, 4.69) is 13.8 Å². The molecule has 0 saturated heterocycles. The van der Waals surface area contributed by atoms with Crippen molar-refractivity contribution in [3.05, 3.63) is 11.6 Å². The van der Waals surface area contributed by atoms with Crippen LogP contribution in [0.5, 0.6) is 0 Å². The van der Waals surface area contributed by atoms with Gasteiger partial charge in [-0.05, 0) is 44.4 Å². The van der Waals surface area contributed by atoms with E-state index in [1.54, 1.807) is 0 Å². The van der Waals surface area contributed by atoms with Gasteiger partial charge in [0.1, 0.15) is 5.78 Å². The number of hydrogen-bond donors (Lipinski definition) is 2. The van der Waals surface area contributed by atoms with Gasteiger partial charge < -0.3 is 10.2 Å². The van der Waals surface area contributed by atoms with Crippen molar-refractivity contribution in [1.82, 2.24) is 0 Å². The molecule has 0 aliphatic rings. The Morgan fingerprint density at radius 3 is 2.19 bits per heavy atom. The zero-order valence-electron chi connectivity index (χ0n) is 14.2. The van der Waals surface area contributed by atoms with Crippen LogP contribution in [0.1, 0.15) is 78.6 Å². The average molecular weight is 298 g/mol. The first kappa shape index (κ1) is 20.3. The van der Waals surface area contributed by atoms with Gasteiger partial charge in [-0.15, -0.1) is 0 Å². The Kier molecular flexibility index (Phi) is 11.6. The average Bonchev–Trinajstić information content (AvgIpc) is 2.46. The monoisotopic (exact) mass is 298 g/mol. The summed E-state index contributed by atoms with van der Waals surface area (Å²) in [5.74, 6) is 0.374. The number of carbonyl (C=O) groups is 1. The number of Topliss-reactive ketones (excluding diaryl/α,β-unsaturated/α-hetero) is 1. The molecule has 3 heteroatoms. The van der Waals surface area contributed by atoms with E-state index in [4.69, 9.17) is 10.2 Å². The Bertz CT molecular complexity index is 306. The lowest BCUT2D eigenvalue weighted by Gasteiger charge is -2.20. The van der Waals surface area contributed by atoms with Crippen LogP contribution in [0.25, 0.3) is 0 Å². The van der Waals surface area contributed by atoms with Crippen LogP contribution in [0, 0.1) is 5.41 Å². The third kappa shape index (κ3) is 12.8. The van der Waals surface area contributed by atoms with Crippen molar-refractivity contribution in [3.8, 4) is 0 Å². The Labute approximate surface area is 130 Å². The minimum absolute atomic E-state index is 0.0181. The van der Waals surface area contributed by atoms with Gasteiger partial charge in [-0.25, -0.2) is 0 Å². The summed E-state index contributed by atoms with van der Waals surface area (Å²) >= 11 is 0. The van der Waals surface area contributed by atoms with E-state index in [0.29, 0.717) is 18.6 Å². The molecule has 0 aromatic heterocycles. The number of allylic oxidation sites excluding steroid dienone is 1. The van der Waals surface area contributed by atoms with Crippen molar-refractivity contribution in [2.24, 2.45) is 5.41 Å². The summed E-state index contributed by atoms with van der Waals surface area (Å²) < 4.78 is 0. The van der Waals surface area contributed by atoms with Crippen LogP contribution in [-0.2, 0) is 4.79 Å². The molecule has 0 atom stereocenters. The van der Waals surface area contributed by atoms with Crippen molar-refractivity contribution in [1.29, 1.82) is 0 Å². The topological polar surface area (TPSA) is 57.5 Å². The standard InChI is InChI=1S/C18H34O3/c1-16(14-19)10-6-4-7-11-17(21)12-8-5-9-13-18(2,3)15-20/h10,19-20H,4-9,11-15H2,1-3H3/b16-10-. The zero-order valence-corrected chi connectivity index (χ0v) is 14.2. The van der Waals surface area contributed by atoms with Gasteiger partial charge in [-0.2, -0.15) is 0 Å². The molecular formula is C18H34O3. The van der Waals surface area contributed by atoms with E-state index in [9.17, 15) is 4.79 Å². The Morgan fingerprint density at radius 1 is 1.00 bits per heavy atom.